The van der Waals surface area contributed by atoms with Crippen LogP contribution in [0.2, 0.25) is 0 Å². The average molecular weight is 466 g/mol. The van der Waals surface area contributed by atoms with Crippen LogP contribution in [0, 0.1) is 0 Å². The molecule has 0 aliphatic carbocycles. The lowest BCUT2D eigenvalue weighted by molar-refractivity contribution is 0.0726. The highest BCUT2D eigenvalue weighted by molar-refractivity contribution is 5.94. The number of nitrogens with zero attached hydrogens (tertiary/aromatic N) is 4. The molecule has 35 heavy (non-hydrogen) atoms. The highest BCUT2D eigenvalue weighted by Crippen LogP contribution is 2.33. The molecule has 6 nitrogen and oxygen atoms in total. The normalized spacial score (nSPS) is 17.7. The van der Waals surface area contributed by atoms with Crippen molar-refractivity contribution < 1.29 is 4.79 Å². The third-order valence-corrected chi connectivity index (χ3v) is 7.12. The molecule has 1 N–H and O–H groups in total. The Labute approximate surface area is 206 Å². The van der Waals surface area contributed by atoms with Crippen molar-refractivity contribution in [3.63, 3.8) is 0 Å². The van der Waals surface area contributed by atoms with Crippen LogP contribution in [-0.4, -0.2) is 65.9 Å². The van der Waals surface area contributed by atoms with E-state index in [1.165, 1.54) is 10.8 Å². The van der Waals surface area contributed by atoms with Gasteiger partial charge in [0.25, 0.3) is 5.91 Å². The number of amides is 1. The SMILES string of the molecule is CN(CCN(C)[C@]1(c2nccc(-c3ccc4ccccc4c3)n2)CCNC1)C(=O)c1ccccc1. The number of hydrogen-bond acceptors (Lipinski definition) is 5. The van der Waals surface area contributed by atoms with E-state index >= 15 is 0 Å². The molecule has 0 saturated carbocycles. The molecular formula is C29H31N5O. The maximum atomic E-state index is 12.8. The number of carbonyl (C=O) groups is 1. The lowest BCUT2D eigenvalue weighted by atomic mass is 9.94. The molecule has 6 heteroatoms. The lowest BCUT2D eigenvalue weighted by Crippen LogP contribution is -2.49. The molecule has 1 aromatic heterocycles. The molecular weight excluding hydrogens is 434 g/mol. The third-order valence-electron chi connectivity index (χ3n) is 7.12. The zero-order valence-electron chi connectivity index (χ0n) is 20.3. The molecule has 2 heterocycles. The van der Waals surface area contributed by atoms with E-state index in [9.17, 15) is 4.79 Å². The van der Waals surface area contributed by atoms with Crippen LogP contribution < -0.4 is 5.32 Å². The molecule has 0 bridgehead atoms. The van der Waals surface area contributed by atoms with Gasteiger partial charge in [-0.2, -0.15) is 0 Å². The van der Waals surface area contributed by atoms with Gasteiger partial charge in [0.15, 0.2) is 5.82 Å². The number of fused-ring (bicyclic) bond motifs is 1. The van der Waals surface area contributed by atoms with E-state index in [1.807, 2.05) is 49.6 Å². The summed E-state index contributed by atoms with van der Waals surface area (Å²) in [5, 5.41) is 5.93. The lowest BCUT2D eigenvalue weighted by Gasteiger charge is -2.37. The Morgan fingerprint density at radius 3 is 2.49 bits per heavy atom. The van der Waals surface area contributed by atoms with Crippen molar-refractivity contribution in [3.05, 3.63) is 96.4 Å². The zero-order chi connectivity index (χ0) is 24.3. The second-order valence-corrected chi connectivity index (χ2v) is 9.30. The van der Waals surface area contributed by atoms with Gasteiger partial charge >= 0.3 is 0 Å². The maximum Gasteiger partial charge on any atom is 0.253 e. The topological polar surface area (TPSA) is 61.4 Å². The number of benzene rings is 3. The summed E-state index contributed by atoms with van der Waals surface area (Å²) in [5.41, 5.74) is 2.41. The van der Waals surface area contributed by atoms with Crippen molar-refractivity contribution in [3.8, 4) is 11.3 Å². The van der Waals surface area contributed by atoms with E-state index in [0.29, 0.717) is 12.1 Å². The van der Waals surface area contributed by atoms with E-state index in [1.54, 1.807) is 4.90 Å². The van der Waals surface area contributed by atoms with Gasteiger partial charge in [0, 0.05) is 44.0 Å². The Hall–Kier alpha value is -3.61. The fourth-order valence-corrected chi connectivity index (χ4v) is 4.88. The minimum Gasteiger partial charge on any atom is -0.340 e. The van der Waals surface area contributed by atoms with Crippen LogP contribution in [-0.2, 0) is 5.54 Å². The largest absolute Gasteiger partial charge is 0.340 e. The van der Waals surface area contributed by atoms with Crippen molar-refractivity contribution in [1.29, 1.82) is 0 Å². The van der Waals surface area contributed by atoms with Gasteiger partial charge in [-0.05, 0) is 55.1 Å². The molecule has 1 aliphatic rings. The predicted molar refractivity (Wildman–Crippen MR) is 140 cm³/mol. The Kier molecular flexibility index (Phi) is 6.57. The molecule has 0 unspecified atom stereocenters. The highest BCUT2D eigenvalue weighted by Gasteiger charge is 2.42. The number of likely N-dealkylation sites (N-methyl/N-ethyl adjacent to an activating group) is 2. The zero-order valence-corrected chi connectivity index (χ0v) is 20.3. The van der Waals surface area contributed by atoms with Crippen molar-refractivity contribution in [1.82, 2.24) is 25.1 Å². The number of carbonyl (C=O) groups excluding carboxylic acids is 1. The molecule has 0 radical (unpaired) electrons. The van der Waals surface area contributed by atoms with Crippen molar-refractivity contribution in [2.24, 2.45) is 0 Å². The third kappa shape index (κ3) is 4.67. The molecule has 1 saturated heterocycles. The molecule has 5 rings (SSSR count). The molecule has 1 fully saturated rings. The monoisotopic (exact) mass is 465 g/mol. The molecule has 0 spiro atoms. The second-order valence-electron chi connectivity index (χ2n) is 9.30. The summed E-state index contributed by atoms with van der Waals surface area (Å²) < 4.78 is 0. The Balaban J connectivity index is 1.37. The summed E-state index contributed by atoms with van der Waals surface area (Å²) >= 11 is 0. The van der Waals surface area contributed by atoms with Gasteiger partial charge in [-0.3, -0.25) is 9.69 Å². The Morgan fingerprint density at radius 1 is 0.943 bits per heavy atom. The van der Waals surface area contributed by atoms with Crippen LogP contribution >= 0.6 is 0 Å². The molecule has 3 aromatic carbocycles. The van der Waals surface area contributed by atoms with Crippen LogP contribution in [0.15, 0.2) is 85.1 Å². The minimum atomic E-state index is -0.316. The summed E-state index contributed by atoms with van der Waals surface area (Å²) in [7, 11) is 3.97. The van der Waals surface area contributed by atoms with Gasteiger partial charge < -0.3 is 10.2 Å². The van der Waals surface area contributed by atoms with Gasteiger partial charge in [-0.25, -0.2) is 9.97 Å². The van der Waals surface area contributed by atoms with Gasteiger partial charge in [0.05, 0.1) is 11.2 Å². The average Bonchev–Trinajstić information content (AvgIpc) is 3.43. The standard InChI is InChI=1S/C29H31N5O/c1-33(27(35)23-9-4-3-5-10-23)18-19-34(2)29(15-17-30-21-29)28-31-16-14-26(32-28)25-13-12-22-8-6-7-11-24(22)20-25/h3-14,16,20,30H,15,17-19,21H2,1-2H3/t29-/m1/s1. The molecule has 178 valence electrons. The van der Waals surface area contributed by atoms with Crippen LogP contribution in [0.4, 0.5) is 0 Å². The first-order valence-corrected chi connectivity index (χ1v) is 12.1. The van der Waals surface area contributed by atoms with E-state index in [4.69, 9.17) is 9.97 Å². The van der Waals surface area contributed by atoms with Gasteiger partial charge in [-0.15, -0.1) is 0 Å². The summed E-state index contributed by atoms with van der Waals surface area (Å²) in [6.07, 6.45) is 2.78. The fraction of sp³-hybridized carbons (Fsp3) is 0.276. The highest BCUT2D eigenvalue weighted by atomic mass is 16.2. The van der Waals surface area contributed by atoms with Crippen molar-refractivity contribution >= 4 is 16.7 Å². The van der Waals surface area contributed by atoms with Crippen LogP contribution in [0.3, 0.4) is 0 Å². The van der Waals surface area contributed by atoms with Gasteiger partial charge in [0.2, 0.25) is 0 Å². The van der Waals surface area contributed by atoms with Gasteiger partial charge in [-0.1, -0.05) is 54.6 Å². The van der Waals surface area contributed by atoms with Gasteiger partial charge in [0.1, 0.15) is 0 Å². The molecule has 1 amide bonds. The van der Waals surface area contributed by atoms with Crippen molar-refractivity contribution in [2.75, 3.05) is 40.3 Å². The minimum absolute atomic E-state index is 0.0344. The number of aromatic nitrogens is 2. The number of nitrogens with one attached hydrogen (secondary N) is 1. The first-order valence-electron chi connectivity index (χ1n) is 12.1. The Morgan fingerprint density at radius 2 is 1.71 bits per heavy atom. The molecule has 1 atom stereocenters. The smallest absolute Gasteiger partial charge is 0.253 e. The Bertz CT molecular complexity index is 1320. The quantitative estimate of drug-likeness (QED) is 0.444. The first kappa shape index (κ1) is 23.1. The van der Waals surface area contributed by atoms with Crippen LogP contribution in [0.5, 0.6) is 0 Å². The van der Waals surface area contributed by atoms with E-state index in [-0.39, 0.29) is 11.4 Å². The first-order chi connectivity index (χ1) is 17.1. The molecule has 1 aliphatic heterocycles. The van der Waals surface area contributed by atoms with E-state index in [2.05, 4.69) is 59.7 Å². The van der Waals surface area contributed by atoms with Crippen molar-refractivity contribution in [2.45, 2.75) is 12.0 Å². The number of rotatable bonds is 7. The predicted octanol–water partition coefficient (Wildman–Crippen LogP) is 4.19. The maximum absolute atomic E-state index is 12.8. The van der Waals surface area contributed by atoms with E-state index < -0.39 is 0 Å². The molecule has 4 aromatic rings. The summed E-state index contributed by atoms with van der Waals surface area (Å²) in [6, 6.07) is 26.2. The summed E-state index contributed by atoms with van der Waals surface area (Å²) in [6.45, 7) is 3.03. The fourth-order valence-electron chi connectivity index (χ4n) is 4.88. The number of hydrogen-bond donors (Lipinski definition) is 1. The van der Waals surface area contributed by atoms with Crippen LogP contribution in [0.1, 0.15) is 22.6 Å². The van der Waals surface area contributed by atoms with Crippen LogP contribution in [0.25, 0.3) is 22.0 Å². The van der Waals surface area contributed by atoms with E-state index in [0.717, 1.165) is 43.1 Å². The second kappa shape index (κ2) is 9.94. The summed E-state index contributed by atoms with van der Waals surface area (Å²) in [4.78, 5) is 26.7. The summed E-state index contributed by atoms with van der Waals surface area (Å²) in [5.74, 6) is 0.861.